The number of carbonyl (C=O) groups excluding carboxylic acids is 1. The number of nitrogens with one attached hydrogen (secondary N) is 1. The van der Waals surface area contributed by atoms with Gasteiger partial charge in [-0.15, -0.1) is 0 Å². The van der Waals surface area contributed by atoms with Gasteiger partial charge < -0.3 is 5.32 Å². The van der Waals surface area contributed by atoms with Gasteiger partial charge in [-0.25, -0.2) is 8.42 Å². The molecule has 7 heteroatoms. The summed E-state index contributed by atoms with van der Waals surface area (Å²) in [6, 6.07) is 6.59. The molecule has 0 saturated carbocycles. The summed E-state index contributed by atoms with van der Waals surface area (Å²) in [4.78, 5) is 11.1. The summed E-state index contributed by atoms with van der Waals surface area (Å²) in [7, 11) is -3.42. The van der Waals surface area contributed by atoms with Crippen molar-refractivity contribution in [2.45, 2.75) is 13.3 Å². The number of sulfonamides is 1. The lowest BCUT2D eigenvalue weighted by molar-refractivity contribution is -0.120. The summed E-state index contributed by atoms with van der Waals surface area (Å²) < 4.78 is 24.7. The van der Waals surface area contributed by atoms with Gasteiger partial charge >= 0.3 is 0 Å². The first-order chi connectivity index (χ1) is 8.84. The predicted octanol–water partition coefficient (Wildman–Crippen LogP) is 1.63. The summed E-state index contributed by atoms with van der Waals surface area (Å²) in [5, 5.41) is 3.10. The van der Waals surface area contributed by atoms with E-state index in [1.807, 2.05) is 0 Å². The Labute approximate surface area is 118 Å². The Balaban J connectivity index is 2.83. The third-order valence-electron chi connectivity index (χ3n) is 2.45. The van der Waals surface area contributed by atoms with Gasteiger partial charge in [-0.3, -0.25) is 9.10 Å². The predicted molar refractivity (Wildman–Crippen MR) is 76.9 cm³/mol. The van der Waals surface area contributed by atoms with Crippen molar-refractivity contribution in [3.63, 3.8) is 0 Å². The molecule has 0 spiro atoms. The largest absolute Gasteiger partial charge is 0.354 e. The molecule has 0 aliphatic carbocycles. The van der Waals surface area contributed by atoms with Gasteiger partial charge in [0, 0.05) is 18.0 Å². The van der Waals surface area contributed by atoms with Crippen LogP contribution in [0.5, 0.6) is 0 Å². The lowest BCUT2D eigenvalue weighted by atomic mass is 10.3. The molecule has 1 N–H and O–H groups in total. The molecular weight excluding hydrogens is 288 g/mol. The van der Waals surface area contributed by atoms with Crippen LogP contribution in [0.25, 0.3) is 0 Å². The smallest absolute Gasteiger partial charge is 0.232 e. The van der Waals surface area contributed by atoms with Crippen molar-refractivity contribution in [2.75, 3.05) is 23.7 Å². The molecule has 106 valence electrons. The minimum absolute atomic E-state index is 0.112. The van der Waals surface area contributed by atoms with Gasteiger partial charge in [-0.1, -0.05) is 24.6 Å². The fraction of sp³-hybridized carbons (Fsp3) is 0.417. The van der Waals surface area contributed by atoms with E-state index < -0.39 is 10.0 Å². The van der Waals surface area contributed by atoms with Crippen LogP contribution in [0.15, 0.2) is 24.3 Å². The average molecular weight is 305 g/mol. The van der Waals surface area contributed by atoms with E-state index >= 15 is 0 Å². The molecular formula is C12H17ClN2O3S. The van der Waals surface area contributed by atoms with Crippen LogP contribution in [0.2, 0.25) is 5.02 Å². The number of rotatable bonds is 6. The maximum atomic E-state index is 11.8. The Morgan fingerprint density at radius 1 is 1.42 bits per heavy atom. The molecule has 1 amide bonds. The van der Waals surface area contributed by atoms with E-state index in [2.05, 4.69) is 5.32 Å². The summed E-state index contributed by atoms with van der Waals surface area (Å²) >= 11 is 5.85. The molecule has 1 rings (SSSR count). The fourth-order valence-corrected chi connectivity index (χ4v) is 2.64. The van der Waals surface area contributed by atoms with Gasteiger partial charge in [0.1, 0.15) is 0 Å². The number of nitrogens with zero attached hydrogens (tertiary/aromatic N) is 1. The first-order valence-electron chi connectivity index (χ1n) is 5.84. The highest BCUT2D eigenvalue weighted by Crippen LogP contribution is 2.21. The summed E-state index contributed by atoms with van der Waals surface area (Å²) in [5.41, 5.74) is 0.487. The van der Waals surface area contributed by atoms with E-state index in [4.69, 9.17) is 11.6 Å². The Hall–Kier alpha value is -1.27. The van der Waals surface area contributed by atoms with Crippen molar-refractivity contribution in [3.05, 3.63) is 29.3 Å². The molecule has 19 heavy (non-hydrogen) atoms. The van der Waals surface area contributed by atoms with E-state index in [0.29, 0.717) is 17.1 Å². The highest BCUT2D eigenvalue weighted by atomic mass is 35.5. The second-order valence-corrected chi connectivity index (χ2v) is 6.36. The maximum Gasteiger partial charge on any atom is 0.232 e. The molecule has 5 nitrogen and oxygen atoms in total. The Bertz CT molecular complexity index is 546. The first-order valence-corrected chi connectivity index (χ1v) is 8.07. The molecule has 0 aliphatic heterocycles. The van der Waals surface area contributed by atoms with Crippen molar-refractivity contribution in [2.24, 2.45) is 0 Å². The number of hydrogen-bond acceptors (Lipinski definition) is 3. The van der Waals surface area contributed by atoms with Crippen LogP contribution in [0.3, 0.4) is 0 Å². The molecule has 0 heterocycles. The van der Waals surface area contributed by atoms with E-state index in [-0.39, 0.29) is 19.0 Å². The monoisotopic (exact) mass is 304 g/mol. The Kier molecular flexibility index (Phi) is 5.62. The second kappa shape index (κ2) is 6.77. The number of hydrogen-bond donors (Lipinski definition) is 1. The third kappa shape index (κ3) is 5.08. The van der Waals surface area contributed by atoms with E-state index in [9.17, 15) is 13.2 Å². The van der Waals surface area contributed by atoms with Crippen molar-refractivity contribution in [1.82, 2.24) is 5.32 Å². The van der Waals surface area contributed by atoms with Gasteiger partial charge in [0.25, 0.3) is 0 Å². The Morgan fingerprint density at radius 2 is 2.11 bits per heavy atom. The number of amides is 1. The Morgan fingerprint density at radius 3 is 2.63 bits per heavy atom. The number of benzene rings is 1. The topological polar surface area (TPSA) is 66.5 Å². The molecule has 0 aromatic heterocycles. The van der Waals surface area contributed by atoms with Gasteiger partial charge in [0.15, 0.2) is 0 Å². The van der Waals surface area contributed by atoms with Crippen molar-refractivity contribution in [3.8, 4) is 0 Å². The van der Waals surface area contributed by atoms with Crippen LogP contribution >= 0.6 is 11.6 Å². The lowest BCUT2D eigenvalue weighted by Gasteiger charge is -2.22. The zero-order valence-corrected chi connectivity index (χ0v) is 12.5. The highest BCUT2D eigenvalue weighted by Gasteiger charge is 2.17. The van der Waals surface area contributed by atoms with Crippen molar-refractivity contribution >= 4 is 33.2 Å². The number of carbonyl (C=O) groups is 1. The maximum absolute atomic E-state index is 11.8. The van der Waals surface area contributed by atoms with Crippen LogP contribution in [0, 0.1) is 0 Å². The summed E-state index contributed by atoms with van der Waals surface area (Å²) in [6.45, 7) is 2.16. The molecule has 0 bridgehead atoms. The third-order valence-corrected chi connectivity index (χ3v) is 3.88. The lowest BCUT2D eigenvalue weighted by Crippen LogP contribution is -2.38. The molecule has 0 unspecified atom stereocenters. The first kappa shape index (κ1) is 15.8. The van der Waals surface area contributed by atoms with Crippen LogP contribution in [-0.2, 0) is 14.8 Å². The quantitative estimate of drug-likeness (QED) is 0.868. The second-order valence-electron chi connectivity index (χ2n) is 4.02. The highest BCUT2D eigenvalue weighted by molar-refractivity contribution is 7.92. The molecule has 0 fully saturated rings. The van der Waals surface area contributed by atoms with Crippen LogP contribution in [0.4, 0.5) is 5.69 Å². The van der Waals surface area contributed by atoms with Gasteiger partial charge in [0.2, 0.25) is 15.9 Å². The zero-order chi connectivity index (χ0) is 14.5. The zero-order valence-electron chi connectivity index (χ0n) is 10.9. The molecule has 0 saturated heterocycles. The van der Waals surface area contributed by atoms with E-state index in [1.165, 1.54) is 4.31 Å². The van der Waals surface area contributed by atoms with E-state index in [1.54, 1.807) is 31.2 Å². The normalized spacial score (nSPS) is 11.1. The summed E-state index contributed by atoms with van der Waals surface area (Å²) in [5.74, 6) is -0.112. The average Bonchev–Trinajstić information content (AvgIpc) is 2.32. The number of halogens is 1. The molecule has 0 radical (unpaired) electrons. The molecule has 1 aromatic carbocycles. The minimum Gasteiger partial charge on any atom is -0.354 e. The molecule has 1 aromatic rings. The standard InChI is InChI=1S/C12H17ClN2O3S/c1-3-12(16)14-7-8-15(19(2,17)18)11-6-4-5-10(13)9-11/h4-6,9H,3,7-8H2,1-2H3,(H,14,16). The van der Waals surface area contributed by atoms with Crippen LogP contribution in [0.1, 0.15) is 13.3 Å². The van der Waals surface area contributed by atoms with Gasteiger partial charge in [-0.2, -0.15) is 0 Å². The molecule has 0 atom stereocenters. The van der Waals surface area contributed by atoms with Gasteiger partial charge in [0.05, 0.1) is 18.5 Å². The molecule has 0 aliphatic rings. The van der Waals surface area contributed by atoms with Crippen molar-refractivity contribution < 1.29 is 13.2 Å². The summed E-state index contributed by atoms with van der Waals surface area (Å²) in [6.07, 6.45) is 1.49. The van der Waals surface area contributed by atoms with Crippen molar-refractivity contribution in [1.29, 1.82) is 0 Å². The SMILES string of the molecule is CCC(=O)NCCN(c1cccc(Cl)c1)S(C)(=O)=O. The fourth-order valence-electron chi connectivity index (χ4n) is 1.54. The number of anilines is 1. The van der Waals surface area contributed by atoms with Gasteiger partial charge in [-0.05, 0) is 18.2 Å². The van der Waals surface area contributed by atoms with Crippen LogP contribution in [-0.4, -0.2) is 33.7 Å². The minimum atomic E-state index is -3.42. The van der Waals surface area contributed by atoms with Crippen LogP contribution < -0.4 is 9.62 Å². The van der Waals surface area contributed by atoms with E-state index in [0.717, 1.165) is 6.26 Å².